The van der Waals surface area contributed by atoms with Crippen molar-refractivity contribution in [3.05, 3.63) is 59.2 Å². The van der Waals surface area contributed by atoms with Crippen molar-refractivity contribution in [1.29, 1.82) is 0 Å². The van der Waals surface area contributed by atoms with Gasteiger partial charge in [0.25, 0.3) is 0 Å². The molecule has 2 aliphatic rings. The lowest BCUT2D eigenvalue weighted by Crippen LogP contribution is -2.48. The molecule has 0 aliphatic carbocycles. The second kappa shape index (κ2) is 8.09. The van der Waals surface area contributed by atoms with Crippen molar-refractivity contribution in [1.82, 2.24) is 4.90 Å². The largest absolute Gasteiger partial charge is 0.508 e. The molecule has 1 unspecified atom stereocenters. The highest BCUT2D eigenvalue weighted by atomic mass is 35.5. The number of ether oxygens (including phenoxy) is 1. The maximum absolute atomic E-state index is 11.0. The number of aromatic hydroxyl groups is 1. The van der Waals surface area contributed by atoms with Crippen LogP contribution in [0.4, 0.5) is 0 Å². The van der Waals surface area contributed by atoms with Gasteiger partial charge in [0.05, 0.1) is 5.60 Å². The molecule has 146 valence electrons. The molecule has 1 saturated heterocycles. The zero-order chi connectivity index (χ0) is 18.1. The Hall–Kier alpha value is -1.75. The average Bonchev–Trinajstić information content (AvgIpc) is 3.01. The fourth-order valence-corrected chi connectivity index (χ4v) is 4.09. The van der Waals surface area contributed by atoms with E-state index in [2.05, 4.69) is 36.1 Å². The number of phenolic OH excluding ortho intramolecular Hbond substituents is 1. The van der Waals surface area contributed by atoms with Crippen LogP contribution in [0.25, 0.3) is 0 Å². The van der Waals surface area contributed by atoms with E-state index in [1.165, 1.54) is 16.7 Å². The first-order chi connectivity index (χ1) is 12.5. The maximum Gasteiger partial charge on any atom is 0.126 e. The lowest BCUT2D eigenvalue weighted by Gasteiger charge is -2.39. The van der Waals surface area contributed by atoms with Crippen LogP contribution in [-0.2, 0) is 12.8 Å². The van der Waals surface area contributed by atoms with E-state index in [1.54, 1.807) is 12.1 Å². The molecule has 1 atom stereocenters. The van der Waals surface area contributed by atoms with E-state index in [4.69, 9.17) is 4.74 Å². The summed E-state index contributed by atoms with van der Waals surface area (Å²) in [5, 5.41) is 20.5. The van der Waals surface area contributed by atoms with Gasteiger partial charge < -0.3 is 14.9 Å². The minimum atomic E-state index is -0.600. The number of benzene rings is 2. The molecule has 0 aromatic heterocycles. The van der Waals surface area contributed by atoms with Crippen molar-refractivity contribution < 1.29 is 14.9 Å². The first kappa shape index (κ1) is 20.0. The molecule has 1 fully saturated rings. The molecule has 5 heteroatoms. The standard InChI is InChI=1S/C22H27NO3.ClH/c1-16-2-4-17(5-3-16)14-22(25)8-10-23(11-9-22)15-20-12-18-6-7-19(24)13-21(18)26-20;/h2-7,13,20,24-25H,8-12,14-15H2,1H3;1H. The van der Waals surface area contributed by atoms with Crippen molar-refractivity contribution in [3.8, 4) is 11.5 Å². The molecule has 2 heterocycles. The molecule has 27 heavy (non-hydrogen) atoms. The Bertz CT molecular complexity index is 770. The Balaban J connectivity index is 0.00000210. The fraction of sp³-hybridized carbons (Fsp3) is 0.455. The summed E-state index contributed by atoms with van der Waals surface area (Å²) in [6, 6.07) is 13.8. The summed E-state index contributed by atoms with van der Waals surface area (Å²) < 4.78 is 5.99. The van der Waals surface area contributed by atoms with Gasteiger partial charge in [0, 0.05) is 38.5 Å². The molecule has 0 spiro atoms. The number of nitrogens with zero attached hydrogens (tertiary/aromatic N) is 1. The van der Waals surface area contributed by atoms with Crippen molar-refractivity contribution in [2.75, 3.05) is 19.6 Å². The SMILES string of the molecule is Cc1ccc(CC2(O)CCN(CC3Cc4ccc(O)cc4O3)CC2)cc1.Cl. The Morgan fingerprint density at radius 3 is 2.52 bits per heavy atom. The molecular formula is C22H28ClNO3. The van der Waals surface area contributed by atoms with Crippen molar-refractivity contribution in [2.45, 2.75) is 44.3 Å². The molecule has 2 aromatic carbocycles. The van der Waals surface area contributed by atoms with Gasteiger partial charge in [-0.2, -0.15) is 0 Å². The van der Waals surface area contributed by atoms with Crippen molar-refractivity contribution in [2.24, 2.45) is 0 Å². The Labute approximate surface area is 167 Å². The number of piperidine rings is 1. The summed E-state index contributed by atoms with van der Waals surface area (Å²) in [5.41, 5.74) is 3.03. The third-order valence-electron chi connectivity index (χ3n) is 5.69. The molecule has 0 amide bonds. The molecular weight excluding hydrogens is 362 g/mol. The zero-order valence-corrected chi connectivity index (χ0v) is 16.5. The first-order valence-electron chi connectivity index (χ1n) is 9.48. The number of hydrogen-bond acceptors (Lipinski definition) is 4. The number of aryl methyl sites for hydroxylation is 1. The van der Waals surface area contributed by atoms with Gasteiger partial charge in [-0.15, -0.1) is 12.4 Å². The fourth-order valence-electron chi connectivity index (χ4n) is 4.09. The monoisotopic (exact) mass is 389 g/mol. The van der Waals surface area contributed by atoms with E-state index in [9.17, 15) is 10.2 Å². The second-order valence-corrected chi connectivity index (χ2v) is 7.92. The molecule has 0 bridgehead atoms. The van der Waals surface area contributed by atoms with E-state index in [1.807, 2.05) is 6.07 Å². The summed E-state index contributed by atoms with van der Waals surface area (Å²) in [6.45, 7) is 4.74. The maximum atomic E-state index is 11.0. The van der Waals surface area contributed by atoms with Crippen LogP contribution in [-0.4, -0.2) is 46.5 Å². The molecule has 2 N–H and O–H groups in total. The predicted molar refractivity (Wildman–Crippen MR) is 109 cm³/mol. The van der Waals surface area contributed by atoms with E-state index < -0.39 is 5.60 Å². The van der Waals surface area contributed by atoms with Crippen molar-refractivity contribution in [3.63, 3.8) is 0 Å². The first-order valence-corrected chi connectivity index (χ1v) is 9.48. The lowest BCUT2D eigenvalue weighted by molar-refractivity contribution is -0.0265. The predicted octanol–water partition coefficient (Wildman–Crippen LogP) is 3.50. The van der Waals surface area contributed by atoms with Crippen LogP contribution in [0.2, 0.25) is 0 Å². The van der Waals surface area contributed by atoms with Crippen LogP contribution in [0.1, 0.15) is 29.5 Å². The number of hydrogen-bond donors (Lipinski definition) is 2. The van der Waals surface area contributed by atoms with Gasteiger partial charge in [-0.1, -0.05) is 35.9 Å². The highest BCUT2D eigenvalue weighted by molar-refractivity contribution is 5.85. The number of phenols is 1. The molecule has 0 saturated carbocycles. The van der Waals surface area contributed by atoms with Crippen molar-refractivity contribution >= 4 is 12.4 Å². The third kappa shape index (κ3) is 4.75. The third-order valence-corrected chi connectivity index (χ3v) is 5.69. The highest BCUT2D eigenvalue weighted by Gasteiger charge is 2.34. The number of likely N-dealkylation sites (tertiary alicyclic amines) is 1. The van der Waals surface area contributed by atoms with E-state index in [0.717, 1.165) is 51.1 Å². The van der Waals surface area contributed by atoms with Crippen LogP contribution < -0.4 is 4.74 Å². The number of rotatable bonds is 4. The van der Waals surface area contributed by atoms with Gasteiger partial charge in [0.15, 0.2) is 0 Å². The van der Waals surface area contributed by atoms with Gasteiger partial charge >= 0.3 is 0 Å². The van der Waals surface area contributed by atoms with Crippen LogP contribution in [0, 0.1) is 6.92 Å². The Morgan fingerprint density at radius 1 is 1.11 bits per heavy atom. The van der Waals surface area contributed by atoms with E-state index in [-0.39, 0.29) is 24.3 Å². The minimum Gasteiger partial charge on any atom is -0.508 e. The number of aliphatic hydroxyl groups is 1. The summed E-state index contributed by atoms with van der Waals surface area (Å²) in [6.07, 6.45) is 3.34. The quantitative estimate of drug-likeness (QED) is 0.840. The summed E-state index contributed by atoms with van der Waals surface area (Å²) in [5.74, 6) is 1.06. The normalized spacial score (nSPS) is 21.2. The van der Waals surface area contributed by atoms with Gasteiger partial charge in [0.2, 0.25) is 0 Å². The van der Waals surface area contributed by atoms with Gasteiger partial charge in [0.1, 0.15) is 17.6 Å². The smallest absolute Gasteiger partial charge is 0.126 e. The number of fused-ring (bicyclic) bond motifs is 1. The average molecular weight is 390 g/mol. The molecule has 2 aliphatic heterocycles. The van der Waals surface area contributed by atoms with Crippen LogP contribution in [0.5, 0.6) is 11.5 Å². The minimum absolute atomic E-state index is 0. The second-order valence-electron chi connectivity index (χ2n) is 7.92. The zero-order valence-electron chi connectivity index (χ0n) is 15.7. The Morgan fingerprint density at radius 2 is 1.81 bits per heavy atom. The molecule has 0 radical (unpaired) electrons. The van der Waals surface area contributed by atoms with Gasteiger partial charge in [-0.05, 0) is 37.0 Å². The van der Waals surface area contributed by atoms with E-state index >= 15 is 0 Å². The summed E-state index contributed by atoms with van der Waals surface area (Å²) in [7, 11) is 0. The number of halogens is 1. The lowest BCUT2D eigenvalue weighted by atomic mass is 9.85. The molecule has 4 rings (SSSR count). The van der Waals surface area contributed by atoms with Crippen LogP contribution in [0.15, 0.2) is 42.5 Å². The van der Waals surface area contributed by atoms with Gasteiger partial charge in [-0.25, -0.2) is 0 Å². The highest BCUT2D eigenvalue weighted by Crippen LogP contribution is 2.33. The molecule has 4 nitrogen and oxygen atoms in total. The summed E-state index contributed by atoms with van der Waals surface area (Å²) in [4.78, 5) is 2.39. The topological polar surface area (TPSA) is 52.9 Å². The Kier molecular flexibility index (Phi) is 5.99. The summed E-state index contributed by atoms with van der Waals surface area (Å²) >= 11 is 0. The van der Waals surface area contributed by atoms with E-state index in [0.29, 0.717) is 0 Å². The van der Waals surface area contributed by atoms with Crippen LogP contribution >= 0.6 is 12.4 Å². The van der Waals surface area contributed by atoms with Crippen LogP contribution in [0.3, 0.4) is 0 Å². The molecule has 2 aromatic rings. The van der Waals surface area contributed by atoms with Gasteiger partial charge in [-0.3, -0.25) is 4.90 Å².